The first-order chi connectivity index (χ1) is 14.4. The van der Waals surface area contributed by atoms with E-state index in [0.717, 1.165) is 44.3 Å². The van der Waals surface area contributed by atoms with Crippen LogP contribution in [-0.4, -0.2) is 43.7 Å². The predicted molar refractivity (Wildman–Crippen MR) is 121 cm³/mol. The highest BCUT2D eigenvalue weighted by atomic mass is 16.5. The molecule has 0 atom stereocenters. The van der Waals surface area contributed by atoms with Gasteiger partial charge in [0.25, 0.3) is 0 Å². The fraction of sp³-hybridized carbons (Fsp3) is 0.480. The first-order valence-corrected chi connectivity index (χ1v) is 10.8. The number of rotatable bonds is 8. The molecule has 3 rings (SSSR count). The van der Waals surface area contributed by atoms with Gasteiger partial charge in [0, 0.05) is 31.7 Å². The number of nitrogens with zero attached hydrogens (tertiary/aromatic N) is 1. The maximum atomic E-state index is 12.2. The van der Waals surface area contributed by atoms with Crippen molar-refractivity contribution in [2.45, 2.75) is 45.6 Å². The Labute approximate surface area is 180 Å². The molecule has 2 aromatic carbocycles. The second-order valence-electron chi connectivity index (χ2n) is 8.86. The standard InChI is InChI=1S/C25H34N2O3/c1-25(2,3)21-8-12-23(13-9-21)30-16-4-5-24(28)26-22-10-6-20(7-11-22)19-27-14-17-29-18-15-27/h6-13H,4-5,14-19H2,1-3H3,(H,26,28). The zero-order valence-corrected chi connectivity index (χ0v) is 18.4. The van der Waals surface area contributed by atoms with Gasteiger partial charge in [-0.1, -0.05) is 45.0 Å². The molecule has 1 heterocycles. The van der Waals surface area contributed by atoms with E-state index in [1.165, 1.54) is 11.1 Å². The minimum absolute atomic E-state index is 0.0163. The summed E-state index contributed by atoms with van der Waals surface area (Å²) in [6.07, 6.45) is 1.12. The van der Waals surface area contributed by atoms with Crippen molar-refractivity contribution in [2.75, 3.05) is 38.2 Å². The first-order valence-electron chi connectivity index (χ1n) is 10.8. The van der Waals surface area contributed by atoms with Gasteiger partial charge in [0.1, 0.15) is 5.75 Å². The summed E-state index contributed by atoms with van der Waals surface area (Å²) in [7, 11) is 0. The summed E-state index contributed by atoms with van der Waals surface area (Å²) in [4.78, 5) is 14.6. The summed E-state index contributed by atoms with van der Waals surface area (Å²) in [5, 5.41) is 2.97. The Kier molecular flexibility index (Phi) is 7.88. The summed E-state index contributed by atoms with van der Waals surface area (Å²) < 4.78 is 11.2. The monoisotopic (exact) mass is 410 g/mol. The van der Waals surface area contributed by atoms with E-state index in [9.17, 15) is 4.79 Å². The summed E-state index contributed by atoms with van der Waals surface area (Å²) in [6.45, 7) is 11.6. The molecule has 2 aromatic rings. The van der Waals surface area contributed by atoms with Crippen LogP contribution < -0.4 is 10.1 Å². The molecule has 1 amide bonds. The number of ether oxygens (including phenoxy) is 2. The van der Waals surface area contributed by atoms with Gasteiger partial charge in [-0.15, -0.1) is 0 Å². The van der Waals surface area contributed by atoms with Crippen LogP contribution in [0.3, 0.4) is 0 Å². The Morgan fingerprint density at radius 3 is 2.33 bits per heavy atom. The third-order valence-corrected chi connectivity index (χ3v) is 5.28. The fourth-order valence-electron chi connectivity index (χ4n) is 3.41. The van der Waals surface area contributed by atoms with Crippen molar-refractivity contribution in [2.24, 2.45) is 0 Å². The topological polar surface area (TPSA) is 50.8 Å². The first kappa shape index (κ1) is 22.3. The van der Waals surface area contributed by atoms with Crippen LogP contribution in [0.2, 0.25) is 0 Å². The van der Waals surface area contributed by atoms with Crippen LogP contribution in [0.25, 0.3) is 0 Å². The summed E-state index contributed by atoms with van der Waals surface area (Å²) >= 11 is 0. The highest BCUT2D eigenvalue weighted by molar-refractivity contribution is 5.90. The molecule has 0 bridgehead atoms. The molecule has 0 radical (unpaired) electrons. The Morgan fingerprint density at radius 2 is 1.70 bits per heavy atom. The molecule has 5 nitrogen and oxygen atoms in total. The van der Waals surface area contributed by atoms with Gasteiger partial charge >= 0.3 is 0 Å². The third kappa shape index (κ3) is 7.15. The van der Waals surface area contributed by atoms with Crippen molar-refractivity contribution < 1.29 is 14.3 Å². The van der Waals surface area contributed by atoms with Gasteiger partial charge in [-0.3, -0.25) is 9.69 Å². The number of hydrogen-bond acceptors (Lipinski definition) is 4. The molecule has 0 unspecified atom stereocenters. The van der Waals surface area contributed by atoms with E-state index < -0.39 is 0 Å². The number of nitrogens with one attached hydrogen (secondary N) is 1. The molecule has 162 valence electrons. The van der Waals surface area contributed by atoms with Gasteiger partial charge < -0.3 is 14.8 Å². The van der Waals surface area contributed by atoms with Gasteiger partial charge in [0.2, 0.25) is 5.91 Å². The molecule has 0 spiro atoms. The zero-order valence-electron chi connectivity index (χ0n) is 18.4. The Morgan fingerprint density at radius 1 is 1.03 bits per heavy atom. The highest BCUT2D eigenvalue weighted by Crippen LogP contribution is 2.24. The fourth-order valence-corrected chi connectivity index (χ4v) is 3.41. The highest BCUT2D eigenvalue weighted by Gasteiger charge is 2.13. The van der Waals surface area contributed by atoms with Gasteiger partial charge in [-0.05, 0) is 47.2 Å². The molecule has 1 saturated heterocycles. The lowest BCUT2D eigenvalue weighted by Crippen LogP contribution is -2.35. The molecule has 1 fully saturated rings. The third-order valence-electron chi connectivity index (χ3n) is 5.28. The second kappa shape index (κ2) is 10.6. The molecule has 1 aliphatic rings. The molecular formula is C25H34N2O3. The largest absolute Gasteiger partial charge is 0.494 e. The number of hydrogen-bond donors (Lipinski definition) is 1. The van der Waals surface area contributed by atoms with Crippen LogP contribution >= 0.6 is 0 Å². The lowest BCUT2D eigenvalue weighted by molar-refractivity contribution is -0.116. The van der Waals surface area contributed by atoms with E-state index in [1.807, 2.05) is 24.3 Å². The van der Waals surface area contributed by atoms with Gasteiger partial charge in [0.05, 0.1) is 19.8 Å². The van der Waals surface area contributed by atoms with Crippen LogP contribution in [0.5, 0.6) is 5.75 Å². The van der Waals surface area contributed by atoms with E-state index in [0.29, 0.717) is 19.4 Å². The van der Waals surface area contributed by atoms with Crippen molar-refractivity contribution >= 4 is 11.6 Å². The minimum Gasteiger partial charge on any atom is -0.494 e. The number of carbonyl (C=O) groups is 1. The second-order valence-corrected chi connectivity index (χ2v) is 8.86. The Balaban J connectivity index is 1.35. The van der Waals surface area contributed by atoms with Gasteiger partial charge in [0.15, 0.2) is 0 Å². The number of amides is 1. The quantitative estimate of drug-likeness (QED) is 0.646. The molecule has 0 aliphatic carbocycles. The van der Waals surface area contributed by atoms with Crippen LogP contribution in [0.15, 0.2) is 48.5 Å². The van der Waals surface area contributed by atoms with Gasteiger partial charge in [-0.25, -0.2) is 0 Å². The maximum Gasteiger partial charge on any atom is 0.224 e. The summed E-state index contributed by atoms with van der Waals surface area (Å²) in [5.74, 6) is 0.863. The lowest BCUT2D eigenvalue weighted by atomic mass is 9.87. The number of morpholine rings is 1. The SMILES string of the molecule is CC(C)(C)c1ccc(OCCCC(=O)Nc2ccc(CN3CCOCC3)cc2)cc1. The molecule has 1 aliphatic heterocycles. The van der Waals surface area contributed by atoms with E-state index in [1.54, 1.807) is 0 Å². The Bertz CT molecular complexity index is 789. The van der Waals surface area contributed by atoms with E-state index in [2.05, 4.69) is 55.3 Å². The van der Waals surface area contributed by atoms with Crippen LogP contribution in [0.4, 0.5) is 5.69 Å². The summed E-state index contributed by atoms with van der Waals surface area (Å²) in [6, 6.07) is 16.3. The van der Waals surface area contributed by atoms with E-state index in [4.69, 9.17) is 9.47 Å². The average molecular weight is 411 g/mol. The van der Waals surface area contributed by atoms with Crippen LogP contribution in [0.1, 0.15) is 44.7 Å². The molecule has 0 aromatic heterocycles. The van der Waals surface area contributed by atoms with Crippen molar-refractivity contribution in [1.82, 2.24) is 4.90 Å². The lowest BCUT2D eigenvalue weighted by Gasteiger charge is -2.26. The van der Waals surface area contributed by atoms with E-state index in [-0.39, 0.29) is 11.3 Å². The Hall–Kier alpha value is -2.37. The molecule has 0 saturated carbocycles. The van der Waals surface area contributed by atoms with Crippen molar-refractivity contribution in [3.05, 3.63) is 59.7 Å². The minimum atomic E-state index is 0.0163. The normalized spacial score (nSPS) is 15.0. The van der Waals surface area contributed by atoms with Crippen molar-refractivity contribution in [3.8, 4) is 5.75 Å². The smallest absolute Gasteiger partial charge is 0.224 e. The molecular weight excluding hydrogens is 376 g/mol. The zero-order chi connectivity index (χ0) is 21.4. The maximum absolute atomic E-state index is 12.2. The van der Waals surface area contributed by atoms with Crippen molar-refractivity contribution in [1.29, 1.82) is 0 Å². The average Bonchev–Trinajstić information content (AvgIpc) is 2.73. The van der Waals surface area contributed by atoms with Crippen molar-refractivity contribution in [3.63, 3.8) is 0 Å². The number of anilines is 1. The summed E-state index contributed by atoms with van der Waals surface area (Å²) in [5.41, 5.74) is 3.51. The predicted octanol–water partition coefficient (Wildman–Crippen LogP) is 4.61. The molecule has 1 N–H and O–H groups in total. The molecule has 5 heteroatoms. The van der Waals surface area contributed by atoms with Gasteiger partial charge in [-0.2, -0.15) is 0 Å². The molecule has 30 heavy (non-hydrogen) atoms. The van der Waals surface area contributed by atoms with Crippen LogP contribution in [0, 0.1) is 0 Å². The number of benzene rings is 2. The number of carbonyl (C=O) groups excluding carboxylic acids is 1. The van der Waals surface area contributed by atoms with Crippen LogP contribution in [-0.2, 0) is 21.5 Å². The van der Waals surface area contributed by atoms with E-state index >= 15 is 0 Å².